The lowest BCUT2D eigenvalue weighted by Gasteiger charge is -2.19. The van der Waals surface area contributed by atoms with Gasteiger partial charge in [-0.2, -0.15) is 0 Å². The molecule has 1 aromatic carbocycles. The molecule has 0 saturated heterocycles. The van der Waals surface area contributed by atoms with E-state index in [0.717, 1.165) is 0 Å². The van der Waals surface area contributed by atoms with Crippen molar-refractivity contribution >= 4 is 11.9 Å². The number of hydrogen-bond donors (Lipinski definition) is 2. The molecule has 0 aliphatic heterocycles. The summed E-state index contributed by atoms with van der Waals surface area (Å²) in [5.41, 5.74) is 1.25. The molecule has 1 rings (SSSR count). The van der Waals surface area contributed by atoms with Gasteiger partial charge in [0.1, 0.15) is 5.75 Å². The van der Waals surface area contributed by atoms with Crippen LogP contribution in [0, 0.1) is 0 Å². The maximum Gasteiger partial charge on any atom is 0.321 e. The van der Waals surface area contributed by atoms with Gasteiger partial charge in [-0.3, -0.25) is 10.1 Å². The molecule has 5 nitrogen and oxygen atoms in total. The normalized spacial score (nSPS) is 10.6. The summed E-state index contributed by atoms with van der Waals surface area (Å²) in [6.07, 6.45) is 1.53. The number of amides is 3. The van der Waals surface area contributed by atoms with E-state index >= 15 is 0 Å². The molecule has 0 heterocycles. The molecule has 2 N–H and O–H groups in total. The zero-order valence-electron chi connectivity index (χ0n) is 12.7. The Kier molecular flexibility index (Phi) is 5.96. The van der Waals surface area contributed by atoms with Crippen molar-refractivity contribution < 1.29 is 14.3 Å². The molecule has 0 radical (unpaired) electrons. The highest BCUT2D eigenvalue weighted by atomic mass is 16.5. The van der Waals surface area contributed by atoms with Gasteiger partial charge >= 0.3 is 6.03 Å². The molecule has 3 amide bonds. The van der Waals surface area contributed by atoms with Crippen molar-refractivity contribution in [1.29, 1.82) is 0 Å². The molecule has 0 aliphatic rings. The van der Waals surface area contributed by atoms with E-state index in [-0.39, 0.29) is 12.0 Å². The fourth-order valence-corrected chi connectivity index (χ4v) is 1.57. The van der Waals surface area contributed by atoms with Gasteiger partial charge in [-0.25, -0.2) is 4.79 Å². The second-order valence-corrected chi connectivity index (χ2v) is 5.61. The van der Waals surface area contributed by atoms with Gasteiger partial charge < -0.3 is 10.1 Å². The van der Waals surface area contributed by atoms with E-state index in [2.05, 4.69) is 38.0 Å². The fraction of sp³-hybridized carbons (Fsp3) is 0.375. The van der Waals surface area contributed by atoms with E-state index in [9.17, 15) is 9.59 Å². The molecule has 0 atom stereocenters. The summed E-state index contributed by atoms with van der Waals surface area (Å²) in [6.45, 7) is 9.92. The Labute approximate surface area is 125 Å². The van der Waals surface area contributed by atoms with Gasteiger partial charge in [0.25, 0.3) is 5.91 Å². The lowest BCUT2D eigenvalue weighted by Crippen LogP contribution is -2.41. The molecule has 1 aromatic rings. The topological polar surface area (TPSA) is 67.4 Å². The zero-order chi connectivity index (χ0) is 15.9. The average molecular weight is 290 g/mol. The monoisotopic (exact) mass is 290 g/mol. The maximum atomic E-state index is 11.5. The summed E-state index contributed by atoms with van der Waals surface area (Å²) in [5.74, 6) is 0.0844. The number of nitrogens with one attached hydrogen (secondary N) is 2. The lowest BCUT2D eigenvalue weighted by atomic mass is 9.87. The lowest BCUT2D eigenvalue weighted by molar-refractivity contribution is -0.122. The minimum absolute atomic E-state index is 0.0686. The van der Waals surface area contributed by atoms with Crippen LogP contribution in [0.3, 0.4) is 0 Å². The number of hydrogen-bond acceptors (Lipinski definition) is 3. The fourth-order valence-electron chi connectivity index (χ4n) is 1.57. The molecule has 0 saturated carbocycles. The number of benzene rings is 1. The van der Waals surface area contributed by atoms with Gasteiger partial charge in [0.15, 0.2) is 6.61 Å². The Morgan fingerprint density at radius 1 is 1.24 bits per heavy atom. The van der Waals surface area contributed by atoms with Crippen molar-refractivity contribution in [3.05, 3.63) is 42.5 Å². The molecule has 0 spiro atoms. The molecule has 0 fully saturated rings. The van der Waals surface area contributed by atoms with Crippen LogP contribution >= 0.6 is 0 Å². The SMILES string of the molecule is C=CCNC(=O)NC(=O)COc1ccc(C(C)(C)C)cc1. The minimum atomic E-state index is -0.563. The molecule has 0 aliphatic carbocycles. The standard InChI is InChI=1S/C16H22N2O3/c1-5-10-17-15(20)18-14(19)11-21-13-8-6-12(7-9-13)16(2,3)4/h5-9H,1,10-11H2,2-4H3,(H2,17,18,19,20). The van der Waals surface area contributed by atoms with Gasteiger partial charge in [0, 0.05) is 6.54 Å². The zero-order valence-corrected chi connectivity index (χ0v) is 12.7. The van der Waals surface area contributed by atoms with Crippen LogP contribution in [0.25, 0.3) is 0 Å². The van der Waals surface area contributed by atoms with Crippen LogP contribution in [0.5, 0.6) is 5.75 Å². The van der Waals surface area contributed by atoms with Crippen molar-refractivity contribution in [2.75, 3.05) is 13.2 Å². The molecule has 114 valence electrons. The van der Waals surface area contributed by atoms with Crippen LogP contribution in [0.15, 0.2) is 36.9 Å². The molecule has 0 aromatic heterocycles. The van der Waals surface area contributed by atoms with E-state index < -0.39 is 11.9 Å². The maximum absolute atomic E-state index is 11.5. The van der Waals surface area contributed by atoms with E-state index in [1.165, 1.54) is 11.6 Å². The third kappa shape index (κ3) is 6.12. The van der Waals surface area contributed by atoms with Gasteiger partial charge in [0.2, 0.25) is 0 Å². The smallest absolute Gasteiger partial charge is 0.321 e. The van der Waals surface area contributed by atoms with Gasteiger partial charge in [-0.1, -0.05) is 39.0 Å². The Morgan fingerprint density at radius 3 is 2.38 bits per heavy atom. The van der Waals surface area contributed by atoms with Crippen LogP contribution in [-0.4, -0.2) is 25.1 Å². The van der Waals surface area contributed by atoms with E-state index in [1.807, 2.05) is 24.3 Å². The summed E-state index contributed by atoms with van der Waals surface area (Å²) < 4.78 is 5.33. The number of ether oxygens (including phenoxy) is 1. The number of rotatable bonds is 5. The van der Waals surface area contributed by atoms with Crippen LogP contribution < -0.4 is 15.4 Å². The van der Waals surface area contributed by atoms with Crippen molar-refractivity contribution in [3.63, 3.8) is 0 Å². The second-order valence-electron chi connectivity index (χ2n) is 5.61. The molecular formula is C16H22N2O3. The van der Waals surface area contributed by atoms with Crippen molar-refractivity contribution in [2.24, 2.45) is 0 Å². The van der Waals surface area contributed by atoms with Crippen LogP contribution in [0.4, 0.5) is 4.79 Å². The molecular weight excluding hydrogens is 268 g/mol. The average Bonchev–Trinajstić information content (AvgIpc) is 2.42. The molecule has 0 bridgehead atoms. The predicted molar refractivity (Wildman–Crippen MR) is 82.4 cm³/mol. The minimum Gasteiger partial charge on any atom is -0.484 e. The molecule has 21 heavy (non-hydrogen) atoms. The molecule has 0 unspecified atom stereocenters. The first-order valence-corrected chi connectivity index (χ1v) is 6.75. The summed E-state index contributed by atoms with van der Waals surface area (Å²) in [7, 11) is 0. The second kappa shape index (κ2) is 7.47. The number of carbonyl (C=O) groups is 2. The number of urea groups is 1. The summed E-state index contributed by atoms with van der Waals surface area (Å²) in [4.78, 5) is 22.7. The van der Waals surface area contributed by atoms with E-state index in [4.69, 9.17) is 4.74 Å². The first-order chi connectivity index (χ1) is 9.82. The van der Waals surface area contributed by atoms with E-state index in [1.54, 1.807) is 0 Å². The number of imide groups is 1. The molecule has 5 heteroatoms. The van der Waals surface area contributed by atoms with E-state index in [0.29, 0.717) is 12.3 Å². The Bertz CT molecular complexity index is 501. The van der Waals surface area contributed by atoms with Gasteiger partial charge in [-0.15, -0.1) is 6.58 Å². The van der Waals surface area contributed by atoms with Gasteiger partial charge in [0.05, 0.1) is 0 Å². The highest BCUT2D eigenvalue weighted by Crippen LogP contribution is 2.24. The predicted octanol–water partition coefficient (Wildman–Crippen LogP) is 2.37. The number of carbonyl (C=O) groups excluding carboxylic acids is 2. The van der Waals surface area contributed by atoms with Crippen LogP contribution in [0.1, 0.15) is 26.3 Å². The van der Waals surface area contributed by atoms with Crippen LogP contribution in [0.2, 0.25) is 0 Å². The third-order valence-electron chi connectivity index (χ3n) is 2.75. The summed E-state index contributed by atoms with van der Waals surface area (Å²) in [5, 5.41) is 4.60. The summed E-state index contributed by atoms with van der Waals surface area (Å²) in [6, 6.07) is 6.98. The van der Waals surface area contributed by atoms with Gasteiger partial charge in [-0.05, 0) is 23.1 Å². The first-order valence-electron chi connectivity index (χ1n) is 6.75. The van der Waals surface area contributed by atoms with Crippen molar-refractivity contribution in [3.8, 4) is 5.75 Å². The Morgan fingerprint density at radius 2 is 1.86 bits per heavy atom. The van der Waals surface area contributed by atoms with Crippen molar-refractivity contribution in [2.45, 2.75) is 26.2 Å². The highest BCUT2D eigenvalue weighted by molar-refractivity contribution is 5.95. The Hall–Kier alpha value is -2.30. The third-order valence-corrected chi connectivity index (χ3v) is 2.75. The highest BCUT2D eigenvalue weighted by Gasteiger charge is 2.13. The quantitative estimate of drug-likeness (QED) is 0.818. The Balaban J connectivity index is 2.43. The van der Waals surface area contributed by atoms with Crippen LogP contribution in [-0.2, 0) is 10.2 Å². The van der Waals surface area contributed by atoms with Crippen molar-refractivity contribution in [1.82, 2.24) is 10.6 Å². The summed E-state index contributed by atoms with van der Waals surface area (Å²) >= 11 is 0. The largest absolute Gasteiger partial charge is 0.484 e. The first kappa shape index (κ1) is 16.8.